The Hall–Kier alpha value is -3.22. The highest BCUT2D eigenvalue weighted by Gasteiger charge is 2.06. The Morgan fingerprint density at radius 1 is 1.22 bits per heavy atom. The number of benzene rings is 1. The van der Waals surface area contributed by atoms with Gasteiger partial charge in [0.25, 0.3) is 0 Å². The van der Waals surface area contributed by atoms with Crippen molar-refractivity contribution in [1.29, 1.82) is 0 Å². The van der Waals surface area contributed by atoms with Crippen molar-refractivity contribution in [3.63, 3.8) is 0 Å². The predicted octanol–water partition coefficient (Wildman–Crippen LogP) is 1.96. The van der Waals surface area contributed by atoms with Crippen molar-refractivity contribution in [3.05, 3.63) is 47.9 Å². The minimum absolute atomic E-state index is 0.164. The Labute approximate surface area is 133 Å². The monoisotopic (exact) mass is 313 g/mol. The fraction of sp³-hybridized carbons (Fsp3) is 0.125. The molecule has 0 aliphatic rings. The van der Waals surface area contributed by atoms with Crippen molar-refractivity contribution in [2.75, 3.05) is 19.5 Å². The van der Waals surface area contributed by atoms with E-state index in [4.69, 9.17) is 9.47 Å². The molecule has 1 aromatic heterocycles. The maximum absolute atomic E-state index is 11.9. The van der Waals surface area contributed by atoms with Gasteiger partial charge >= 0.3 is 0 Å². The van der Waals surface area contributed by atoms with Crippen LogP contribution in [0.4, 0.5) is 5.82 Å². The van der Waals surface area contributed by atoms with Gasteiger partial charge in [0, 0.05) is 12.3 Å². The third kappa shape index (κ3) is 4.13. The van der Waals surface area contributed by atoms with Crippen LogP contribution in [0.3, 0.4) is 0 Å². The molecule has 7 nitrogen and oxygen atoms in total. The zero-order valence-electron chi connectivity index (χ0n) is 12.6. The Kier molecular flexibility index (Phi) is 5.40. The zero-order chi connectivity index (χ0) is 16.7. The molecule has 1 amide bonds. The molecule has 0 bridgehead atoms. The first kappa shape index (κ1) is 16.2. The van der Waals surface area contributed by atoms with Gasteiger partial charge < -0.3 is 14.8 Å². The summed E-state index contributed by atoms with van der Waals surface area (Å²) >= 11 is 0. The highest BCUT2D eigenvalue weighted by atomic mass is 16.5. The smallest absolute Gasteiger partial charge is 0.249 e. The molecule has 0 atom stereocenters. The van der Waals surface area contributed by atoms with E-state index in [0.717, 1.165) is 5.56 Å². The molecule has 2 rings (SSSR count). The number of hydrogen-bond acceptors (Lipinski definition) is 6. The summed E-state index contributed by atoms with van der Waals surface area (Å²) in [6.45, 7) is 0. The zero-order valence-corrected chi connectivity index (χ0v) is 12.6. The molecule has 7 heteroatoms. The van der Waals surface area contributed by atoms with E-state index in [1.54, 1.807) is 31.4 Å². The lowest BCUT2D eigenvalue weighted by Crippen LogP contribution is -2.11. The predicted molar refractivity (Wildman–Crippen MR) is 84.6 cm³/mol. The van der Waals surface area contributed by atoms with Crippen LogP contribution in [-0.4, -0.2) is 36.4 Å². The molecule has 1 heterocycles. The number of nitrogens with one attached hydrogen (secondary N) is 1. The summed E-state index contributed by atoms with van der Waals surface area (Å²) in [6, 6.07) is 5.27. The second-order valence-electron chi connectivity index (χ2n) is 4.38. The summed E-state index contributed by atoms with van der Waals surface area (Å²) in [7, 11) is 3.08. The second kappa shape index (κ2) is 7.69. The number of ether oxygens (including phenoxy) is 2. The van der Waals surface area contributed by atoms with Crippen LogP contribution < -0.4 is 14.8 Å². The molecule has 1 aromatic carbocycles. The van der Waals surface area contributed by atoms with E-state index in [1.807, 2.05) is 0 Å². The van der Waals surface area contributed by atoms with Crippen molar-refractivity contribution in [3.8, 4) is 11.5 Å². The highest BCUT2D eigenvalue weighted by Crippen LogP contribution is 2.27. The van der Waals surface area contributed by atoms with E-state index in [9.17, 15) is 9.59 Å². The van der Waals surface area contributed by atoms with Crippen LogP contribution in [0.1, 0.15) is 15.9 Å². The molecule has 1 N–H and O–H groups in total. The molecule has 0 saturated heterocycles. The van der Waals surface area contributed by atoms with Gasteiger partial charge in [-0.25, -0.2) is 9.97 Å². The largest absolute Gasteiger partial charge is 0.493 e. The standard InChI is InChI=1S/C16H15N3O4/c1-22-13-5-3-11(7-14(13)23-2)4-6-15(21)19-16-12(9-20)8-17-10-18-16/h3-10H,1-2H3,(H,17,18,19,21)/b6-4+. The van der Waals surface area contributed by atoms with Crippen LogP contribution in [0.25, 0.3) is 6.08 Å². The van der Waals surface area contributed by atoms with Crippen LogP contribution in [0, 0.1) is 0 Å². The van der Waals surface area contributed by atoms with Crippen LogP contribution in [0.5, 0.6) is 11.5 Å². The van der Waals surface area contributed by atoms with Crippen molar-refractivity contribution < 1.29 is 19.1 Å². The number of carbonyl (C=O) groups is 2. The SMILES string of the molecule is COc1ccc(/C=C/C(=O)Nc2ncncc2C=O)cc1OC. The van der Waals surface area contributed by atoms with Crippen molar-refractivity contribution in [2.45, 2.75) is 0 Å². The third-order valence-corrected chi connectivity index (χ3v) is 2.94. The van der Waals surface area contributed by atoms with E-state index in [0.29, 0.717) is 17.8 Å². The first-order chi connectivity index (χ1) is 11.2. The Bertz CT molecular complexity index is 744. The molecule has 0 aliphatic heterocycles. The lowest BCUT2D eigenvalue weighted by molar-refractivity contribution is -0.111. The Morgan fingerprint density at radius 3 is 2.70 bits per heavy atom. The Morgan fingerprint density at radius 2 is 2.00 bits per heavy atom. The number of anilines is 1. The van der Waals surface area contributed by atoms with Crippen molar-refractivity contribution in [2.24, 2.45) is 0 Å². The molecular formula is C16H15N3O4. The molecular weight excluding hydrogens is 298 g/mol. The fourth-order valence-electron chi connectivity index (χ4n) is 1.82. The summed E-state index contributed by atoms with van der Waals surface area (Å²) in [5.74, 6) is 0.915. The first-order valence-electron chi connectivity index (χ1n) is 6.64. The number of amides is 1. The molecule has 0 radical (unpaired) electrons. The highest BCUT2D eigenvalue weighted by molar-refractivity contribution is 6.03. The van der Waals surface area contributed by atoms with E-state index >= 15 is 0 Å². The molecule has 0 fully saturated rings. The maximum atomic E-state index is 11.9. The van der Waals surface area contributed by atoms with Gasteiger partial charge in [0.05, 0.1) is 19.8 Å². The molecule has 118 valence electrons. The number of hydrogen-bond donors (Lipinski definition) is 1. The van der Waals surface area contributed by atoms with Gasteiger partial charge in [-0.2, -0.15) is 0 Å². The van der Waals surface area contributed by atoms with Gasteiger partial charge in [-0.1, -0.05) is 6.07 Å². The minimum Gasteiger partial charge on any atom is -0.493 e. The van der Waals surface area contributed by atoms with Gasteiger partial charge in [0.2, 0.25) is 5.91 Å². The molecule has 0 aliphatic carbocycles. The fourth-order valence-corrected chi connectivity index (χ4v) is 1.82. The number of carbonyl (C=O) groups excluding carboxylic acids is 2. The molecule has 0 spiro atoms. The van der Waals surface area contributed by atoms with Gasteiger partial charge in [-0.15, -0.1) is 0 Å². The maximum Gasteiger partial charge on any atom is 0.249 e. The van der Waals surface area contributed by atoms with Gasteiger partial charge in [-0.3, -0.25) is 9.59 Å². The number of methoxy groups -OCH3 is 2. The summed E-state index contributed by atoms with van der Waals surface area (Å²) in [5.41, 5.74) is 0.969. The van der Waals surface area contributed by atoms with Crippen molar-refractivity contribution >= 4 is 24.1 Å². The van der Waals surface area contributed by atoms with E-state index in [-0.39, 0.29) is 11.4 Å². The molecule has 0 unspecified atom stereocenters. The first-order valence-corrected chi connectivity index (χ1v) is 6.64. The second-order valence-corrected chi connectivity index (χ2v) is 4.38. The summed E-state index contributed by atoms with van der Waals surface area (Å²) in [6.07, 6.45) is 6.10. The third-order valence-electron chi connectivity index (χ3n) is 2.94. The summed E-state index contributed by atoms with van der Waals surface area (Å²) in [4.78, 5) is 30.3. The summed E-state index contributed by atoms with van der Waals surface area (Å²) in [5, 5.41) is 2.52. The lowest BCUT2D eigenvalue weighted by Gasteiger charge is -2.07. The number of nitrogens with zero attached hydrogens (tertiary/aromatic N) is 2. The van der Waals surface area contributed by atoms with Gasteiger partial charge in [-0.05, 0) is 23.8 Å². The van der Waals surface area contributed by atoms with Crippen LogP contribution in [0.15, 0.2) is 36.8 Å². The normalized spacial score (nSPS) is 10.3. The average Bonchev–Trinajstić information content (AvgIpc) is 2.60. The molecule has 0 saturated carbocycles. The van der Waals surface area contributed by atoms with Gasteiger partial charge in [0.15, 0.2) is 17.8 Å². The quantitative estimate of drug-likeness (QED) is 0.647. The summed E-state index contributed by atoms with van der Waals surface area (Å²) < 4.78 is 10.3. The number of aldehydes is 1. The van der Waals surface area contributed by atoms with E-state index in [2.05, 4.69) is 15.3 Å². The average molecular weight is 313 g/mol. The lowest BCUT2D eigenvalue weighted by atomic mass is 10.2. The Balaban J connectivity index is 2.10. The van der Waals surface area contributed by atoms with E-state index < -0.39 is 5.91 Å². The molecule has 23 heavy (non-hydrogen) atoms. The van der Waals surface area contributed by atoms with Crippen molar-refractivity contribution in [1.82, 2.24) is 9.97 Å². The van der Waals surface area contributed by atoms with Crippen LogP contribution >= 0.6 is 0 Å². The van der Waals surface area contributed by atoms with Gasteiger partial charge in [0.1, 0.15) is 12.1 Å². The number of aromatic nitrogens is 2. The van der Waals surface area contributed by atoms with E-state index in [1.165, 1.54) is 25.7 Å². The van der Waals surface area contributed by atoms with Crippen LogP contribution in [-0.2, 0) is 4.79 Å². The minimum atomic E-state index is -0.415. The topological polar surface area (TPSA) is 90.4 Å². The van der Waals surface area contributed by atoms with Crippen LogP contribution in [0.2, 0.25) is 0 Å². The molecule has 2 aromatic rings. The number of rotatable bonds is 6.